The van der Waals surface area contributed by atoms with Gasteiger partial charge in [-0.3, -0.25) is 0 Å². The first-order valence-corrected chi connectivity index (χ1v) is 11.8. The van der Waals surface area contributed by atoms with Crippen LogP contribution < -0.4 is 15.5 Å². The van der Waals surface area contributed by atoms with Crippen molar-refractivity contribution in [2.24, 2.45) is 5.92 Å². The zero-order chi connectivity index (χ0) is 21.0. The fourth-order valence-corrected chi connectivity index (χ4v) is 5.13. The van der Waals surface area contributed by atoms with Gasteiger partial charge in [0.15, 0.2) is 5.11 Å². The predicted molar refractivity (Wildman–Crippen MR) is 131 cm³/mol. The number of nitrogens with one attached hydrogen (secondary N) is 2. The summed E-state index contributed by atoms with van der Waals surface area (Å²) in [5.74, 6) is 1.87. The number of rotatable bonds is 5. The number of thiocarbonyl (C=S) groups is 1. The molecule has 2 aliphatic rings. The maximum absolute atomic E-state index is 6.26. The fraction of sp³-hybridized carbons (Fsp3) is 0.500. The van der Waals surface area contributed by atoms with Crippen LogP contribution in [-0.2, 0) is 5.41 Å². The lowest BCUT2D eigenvalue weighted by molar-refractivity contribution is 0.435. The average molecular weight is 443 g/mol. The highest BCUT2D eigenvalue weighted by molar-refractivity contribution is 7.80. The van der Waals surface area contributed by atoms with Gasteiger partial charge < -0.3 is 15.5 Å². The average Bonchev–Trinajstić information content (AvgIpc) is 3.24. The highest BCUT2D eigenvalue weighted by Crippen LogP contribution is 2.41. The zero-order valence-corrected chi connectivity index (χ0v) is 19.2. The van der Waals surface area contributed by atoms with Gasteiger partial charge in [-0.25, -0.2) is 4.98 Å². The van der Waals surface area contributed by atoms with Crippen LogP contribution in [0.1, 0.15) is 51.0 Å². The number of hydrogen-bond acceptors (Lipinski definition) is 3. The van der Waals surface area contributed by atoms with Crippen molar-refractivity contribution in [3.63, 3.8) is 0 Å². The molecule has 0 unspecified atom stereocenters. The van der Waals surface area contributed by atoms with Crippen molar-refractivity contribution in [3.05, 3.63) is 53.2 Å². The van der Waals surface area contributed by atoms with Crippen molar-refractivity contribution in [1.29, 1.82) is 0 Å². The molecule has 0 spiro atoms. The summed E-state index contributed by atoms with van der Waals surface area (Å²) in [5.41, 5.74) is 2.33. The van der Waals surface area contributed by atoms with Gasteiger partial charge in [0.1, 0.15) is 5.82 Å². The van der Waals surface area contributed by atoms with Gasteiger partial charge in [0, 0.05) is 30.1 Å². The van der Waals surface area contributed by atoms with Crippen LogP contribution in [0.25, 0.3) is 0 Å². The van der Waals surface area contributed by atoms with E-state index in [0.29, 0.717) is 5.11 Å². The number of aromatic nitrogens is 1. The SMILES string of the molecule is CC1CCN(c2ccc(NC(=S)NCC3(c4cccc(Cl)c4)CCCC3)cn2)CC1. The molecule has 2 aromatic rings. The Morgan fingerprint density at radius 2 is 1.97 bits per heavy atom. The third-order valence-corrected chi connectivity index (χ3v) is 7.18. The largest absolute Gasteiger partial charge is 0.362 e. The van der Waals surface area contributed by atoms with Crippen LogP contribution in [-0.4, -0.2) is 29.7 Å². The maximum Gasteiger partial charge on any atom is 0.170 e. The molecule has 2 N–H and O–H groups in total. The molecule has 1 saturated carbocycles. The van der Waals surface area contributed by atoms with E-state index in [4.69, 9.17) is 23.8 Å². The van der Waals surface area contributed by atoms with Crippen LogP contribution in [0.3, 0.4) is 0 Å². The second-order valence-electron chi connectivity index (χ2n) is 8.88. The summed E-state index contributed by atoms with van der Waals surface area (Å²) in [4.78, 5) is 7.02. The molecular formula is C24H31ClN4S. The predicted octanol–water partition coefficient (Wildman–Crippen LogP) is 5.77. The van der Waals surface area contributed by atoms with Crippen molar-refractivity contribution in [2.75, 3.05) is 29.9 Å². The van der Waals surface area contributed by atoms with Crippen molar-refractivity contribution in [1.82, 2.24) is 10.3 Å². The first-order valence-electron chi connectivity index (χ1n) is 11.1. The van der Waals surface area contributed by atoms with Crippen LogP contribution in [0.4, 0.5) is 11.5 Å². The number of piperidine rings is 1. The highest BCUT2D eigenvalue weighted by atomic mass is 35.5. The number of benzene rings is 1. The van der Waals surface area contributed by atoms with Crippen LogP contribution in [0.5, 0.6) is 0 Å². The van der Waals surface area contributed by atoms with Gasteiger partial charge in [-0.1, -0.05) is 43.5 Å². The van der Waals surface area contributed by atoms with E-state index in [1.165, 1.54) is 31.2 Å². The first-order chi connectivity index (χ1) is 14.5. The van der Waals surface area contributed by atoms with E-state index < -0.39 is 0 Å². The molecule has 30 heavy (non-hydrogen) atoms. The standard InChI is InChI=1S/C24H31ClN4S/c1-18-9-13-29(14-10-18)22-8-7-21(16-26-22)28-23(30)27-17-24(11-2-3-12-24)19-5-4-6-20(25)15-19/h4-8,15-16,18H,2-3,9-14,17H2,1H3,(H2,27,28,30). The second kappa shape index (κ2) is 9.52. The van der Waals surface area contributed by atoms with E-state index in [1.54, 1.807) is 0 Å². The number of hydrogen-bond donors (Lipinski definition) is 2. The van der Waals surface area contributed by atoms with E-state index in [-0.39, 0.29) is 5.41 Å². The summed E-state index contributed by atoms with van der Waals surface area (Å²) in [6.07, 6.45) is 9.17. The van der Waals surface area contributed by atoms with Crippen molar-refractivity contribution < 1.29 is 0 Å². The summed E-state index contributed by atoms with van der Waals surface area (Å²) in [5, 5.41) is 8.19. The molecule has 2 heterocycles. The Morgan fingerprint density at radius 3 is 2.63 bits per heavy atom. The van der Waals surface area contributed by atoms with Gasteiger partial charge in [0.2, 0.25) is 0 Å². The van der Waals surface area contributed by atoms with E-state index >= 15 is 0 Å². The minimum absolute atomic E-state index is 0.101. The third-order valence-electron chi connectivity index (χ3n) is 6.70. The van der Waals surface area contributed by atoms with Gasteiger partial charge in [-0.2, -0.15) is 0 Å². The minimum atomic E-state index is 0.101. The smallest absolute Gasteiger partial charge is 0.170 e. The number of anilines is 2. The van der Waals surface area contributed by atoms with Gasteiger partial charge in [-0.15, -0.1) is 0 Å². The van der Waals surface area contributed by atoms with Gasteiger partial charge in [0.05, 0.1) is 11.9 Å². The highest BCUT2D eigenvalue weighted by Gasteiger charge is 2.35. The molecule has 1 saturated heterocycles. The van der Waals surface area contributed by atoms with Crippen LogP contribution >= 0.6 is 23.8 Å². The fourth-order valence-electron chi connectivity index (χ4n) is 4.75. The topological polar surface area (TPSA) is 40.2 Å². The minimum Gasteiger partial charge on any atom is -0.362 e. The molecule has 1 aromatic carbocycles. The molecule has 0 bridgehead atoms. The Hall–Kier alpha value is -1.85. The van der Waals surface area contributed by atoms with Gasteiger partial charge in [-0.05, 0) is 73.6 Å². The molecule has 4 rings (SSSR count). The number of nitrogens with zero attached hydrogens (tertiary/aromatic N) is 2. The van der Waals surface area contributed by atoms with Gasteiger partial charge in [0.25, 0.3) is 0 Å². The lowest BCUT2D eigenvalue weighted by atomic mass is 9.79. The molecule has 0 amide bonds. The summed E-state index contributed by atoms with van der Waals surface area (Å²) in [6, 6.07) is 12.4. The number of pyridine rings is 1. The van der Waals surface area contributed by atoms with E-state index in [2.05, 4.69) is 51.7 Å². The van der Waals surface area contributed by atoms with Crippen LogP contribution in [0.2, 0.25) is 5.02 Å². The molecule has 0 atom stereocenters. The Morgan fingerprint density at radius 1 is 1.20 bits per heavy atom. The van der Waals surface area contributed by atoms with Gasteiger partial charge >= 0.3 is 0 Å². The Kier molecular flexibility index (Phi) is 6.79. The van der Waals surface area contributed by atoms with Crippen molar-refractivity contribution in [3.8, 4) is 0 Å². The normalized spacial score (nSPS) is 18.9. The molecule has 4 nitrogen and oxygen atoms in total. The molecule has 1 aliphatic carbocycles. The molecule has 1 aromatic heterocycles. The van der Waals surface area contributed by atoms with E-state index in [1.807, 2.05) is 18.3 Å². The van der Waals surface area contributed by atoms with Crippen molar-refractivity contribution >= 4 is 40.4 Å². The molecule has 0 radical (unpaired) electrons. The van der Waals surface area contributed by atoms with E-state index in [0.717, 1.165) is 54.9 Å². The monoisotopic (exact) mass is 442 g/mol. The van der Waals surface area contributed by atoms with Crippen LogP contribution in [0, 0.1) is 5.92 Å². The van der Waals surface area contributed by atoms with Crippen molar-refractivity contribution in [2.45, 2.75) is 50.9 Å². The second-order valence-corrected chi connectivity index (χ2v) is 9.72. The lowest BCUT2D eigenvalue weighted by Crippen LogP contribution is -2.40. The zero-order valence-electron chi connectivity index (χ0n) is 17.7. The lowest BCUT2D eigenvalue weighted by Gasteiger charge is -2.31. The van der Waals surface area contributed by atoms with E-state index in [9.17, 15) is 0 Å². The third kappa shape index (κ3) is 5.06. The number of halogens is 1. The Labute approximate surface area is 190 Å². The summed E-state index contributed by atoms with van der Waals surface area (Å²) >= 11 is 11.8. The Balaban J connectivity index is 1.34. The summed E-state index contributed by atoms with van der Waals surface area (Å²) in [6.45, 7) is 5.32. The first kappa shape index (κ1) is 21.4. The Bertz CT molecular complexity index is 856. The quantitative estimate of drug-likeness (QED) is 0.575. The molecule has 1 aliphatic heterocycles. The maximum atomic E-state index is 6.26. The summed E-state index contributed by atoms with van der Waals surface area (Å²) in [7, 11) is 0. The molecule has 160 valence electrons. The van der Waals surface area contributed by atoms with Crippen LogP contribution in [0.15, 0.2) is 42.6 Å². The summed E-state index contributed by atoms with van der Waals surface area (Å²) < 4.78 is 0. The molecule has 6 heteroatoms. The molecular weight excluding hydrogens is 412 g/mol. The molecule has 2 fully saturated rings.